The van der Waals surface area contributed by atoms with Crippen LogP contribution in [0.5, 0.6) is 0 Å². The van der Waals surface area contributed by atoms with Gasteiger partial charge in [0.15, 0.2) is 9.84 Å². The molecular formula is C14H27N3O3S. The number of nitrogens with zero attached hydrogens (tertiary/aromatic N) is 1. The smallest absolute Gasteiger partial charge is 0.234 e. The van der Waals surface area contributed by atoms with Gasteiger partial charge in [-0.05, 0) is 52.2 Å². The number of nitrogens with one attached hydrogen (secondary N) is 2. The first kappa shape index (κ1) is 16.7. The van der Waals surface area contributed by atoms with E-state index in [1.54, 1.807) is 0 Å². The van der Waals surface area contributed by atoms with Gasteiger partial charge in [-0.25, -0.2) is 8.42 Å². The number of sulfone groups is 1. The van der Waals surface area contributed by atoms with Gasteiger partial charge in [0, 0.05) is 6.54 Å². The number of hydrogen-bond acceptors (Lipinski definition) is 5. The molecule has 1 amide bonds. The number of carbonyl (C=O) groups is 1. The van der Waals surface area contributed by atoms with Crippen molar-refractivity contribution in [2.75, 3.05) is 44.7 Å². The third-order valence-electron chi connectivity index (χ3n) is 4.39. The van der Waals surface area contributed by atoms with Gasteiger partial charge in [0.25, 0.3) is 0 Å². The van der Waals surface area contributed by atoms with E-state index >= 15 is 0 Å². The molecule has 0 saturated carbocycles. The van der Waals surface area contributed by atoms with Crippen molar-refractivity contribution in [2.24, 2.45) is 5.92 Å². The molecule has 2 fully saturated rings. The Morgan fingerprint density at radius 2 is 2.05 bits per heavy atom. The van der Waals surface area contributed by atoms with Gasteiger partial charge in [-0.3, -0.25) is 9.69 Å². The number of carbonyl (C=O) groups excluding carboxylic acids is 1. The number of rotatable bonds is 5. The average molecular weight is 317 g/mol. The van der Waals surface area contributed by atoms with E-state index < -0.39 is 15.4 Å². The molecule has 0 bridgehead atoms. The van der Waals surface area contributed by atoms with Crippen molar-refractivity contribution in [2.45, 2.75) is 31.7 Å². The van der Waals surface area contributed by atoms with E-state index in [2.05, 4.69) is 10.6 Å². The van der Waals surface area contributed by atoms with E-state index in [0.717, 1.165) is 32.5 Å². The molecule has 1 atom stereocenters. The van der Waals surface area contributed by atoms with Gasteiger partial charge < -0.3 is 10.6 Å². The van der Waals surface area contributed by atoms with Gasteiger partial charge in [-0.15, -0.1) is 0 Å². The van der Waals surface area contributed by atoms with Gasteiger partial charge >= 0.3 is 0 Å². The summed E-state index contributed by atoms with van der Waals surface area (Å²) in [5, 5.41) is 6.24. The van der Waals surface area contributed by atoms with Crippen LogP contribution >= 0.6 is 0 Å². The van der Waals surface area contributed by atoms with E-state index in [4.69, 9.17) is 0 Å². The summed E-state index contributed by atoms with van der Waals surface area (Å²) in [6.45, 7) is 5.19. The van der Waals surface area contributed by atoms with E-state index in [1.165, 1.54) is 0 Å². The number of amides is 1. The van der Waals surface area contributed by atoms with Crippen LogP contribution in [0.4, 0.5) is 0 Å². The SMILES string of the molecule is CN(CC(=O)NC1(C)CCS(=O)(=O)C1)CC1CCNCC1. The van der Waals surface area contributed by atoms with E-state index in [1.807, 2.05) is 18.9 Å². The lowest BCUT2D eigenvalue weighted by Crippen LogP contribution is -2.50. The zero-order valence-electron chi connectivity index (χ0n) is 13.0. The molecule has 2 saturated heterocycles. The molecule has 2 N–H and O–H groups in total. The fourth-order valence-electron chi connectivity index (χ4n) is 3.30. The topological polar surface area (TPSA) is 78.5 Å². The monoisotopic (exact) mass is 317 g/mol. The molecule has 0 aliphatic carbocycles. The molecule has 0 aromatic heterocycles. The lowest BCUT2D eigenvalue weighted by Gasteiger charge is -2.29. The van der Waals surface area contributed by atoms with Crippen molar-refractivity contribution < 1.29 is 13.2 Å². The number of piperidine rings is 1. The highest BCUT2D eigenvalue weighted by molar-refractivity contribution is 7.91. The molecule has 6 nitrogen and oxygen atoms in total. The quantitative estimate of drug-likeness (QED) is 0.722. The lowest BCUT2D eigenvalue weighted by atomic mass is 9.97. The summed E-state index contributed by atoms with van der Waals surface area (Å²) in [6, 6.07) is 0. The summed E-state index contributed by atoms with van der Waals surface area (Å²) in [4.78, 5) is 14.1. The van der Waals surface area contributed by atoms with Crippen LogP contribution in [0.25, 0.3) is 0 Å². The predicted molar refractivity (Wildman–Crippen MR) is 82.9 cm³/mol. The maximum absolute atomic E-state index is 12.1. The van der Waals surface area contributed by atoms with Crippen LogP contribution in [-0.4, -0.2) is 69.5 Å². The third kappa shape index (κ3) is 5.23. The second-order valence-corrected chi connectivity index (χ2v) is 9.03. The predicted octanol–water partition coefficient (Wildman–Crippen LogP) is -0.389. The van der Waals surface area contributed by atoms with Crippen molar-refractivity contribution in [1.29, 1.82) is 0 Å². The molecule has 0 aromatic carbocycles. The van der Waals surface area contributed by atoms with Gasteiger partial charge in [0.1, 0.15) is 0 Å². The Kier molecular flexibility index (Phi) is 5.27. The molecule has 2 heterocycles. The molecule has 0 spiro atoms. The number of hydrogen-bond donors (Lipinski definition) is 2. The summed E-state index contributed by atoms with van der Waals surface area (Å²) in [5.41, 5.74) is -0.592. The minimum atomic E-state index is -2.99. The minimum Gasteiger partial charge on any atom is -0.349 e. The minimum absolute atomic E-state index is 0.0593. The second kappa shape index (κ2) is 6.62. The van der Waals surface area contributed by atoms with Crippen molar-refractivity contribution in [1.82, 2.24) is 15.5 Å². The highest BCUT2D eigenvalue weighted by Gasteiger charge is 2.39. The highest BCUT2D eigenvalue weighted by Crippen LogP contribution is 2.22. The average Bonchev–Trinajstić information content (AvgIpc) is 2.63. The van der Waals surface area contributed by atoms with Gasteiger partial charge in [-0.1, -0.05) is 0 Å². The van der Waals surface area contributed by atoms with Crippen LogP contribution < -0.4 is 10.6 Å². The Hall–Kier alpha value is -0.660. The Morgan fingerprint density at radius 1 is 1.38 bits per heavy atom. The van der Waals surface area contributed by atoms with Gasteiger partial charge in [-0.2, -0.15) is 0 Å². The molecule has 0 aromatic rings. The van der Waals surface area contributed by atoms with Gasteiger partial charge in [0.2, 0.25) is 5.91 Å². The summed E-state index contributed by atoms with van der Waals surface area (Å²) in [7, 11) is -1.03. The lowest BCUT2D eigenvalue weighted by molar-refractivity contribution is -0.123. The summed E-state index contributed by atoms with van der Waals surface area (Å²) in [6.07, 6.45) is 2.82. The van der Waals surface area contributed by atoms with Crippen LogP contribution in [0.15, 0.2) is 0 Å². The fourth-order valence-corrected chi connectivity index (χ4v) is 5.39. The highest BCUT2D eigenvalue weighted by atomic mass is 32.2. The molecule has 7 heteroatoms. The molecule has 21 heavy (non-hydrogen) atoms. The zero-order valence-corrected chi connectivity index (χ0v) is 13.8. The van der Waals surface area contributed by atoms with Crippen molar-refractivity contribution in [3.05, 3.63) is 0 Å². The van der Waals surface area contributed by atoms with Gasteiger partial charge in [0.05, 0.1) is 23.6 Å². The summed E-state index contributed by atoms with van der Waals surface area (Å²) < 4.78 is 23.1. The molecule has 2 rings (SSSR count). The van der Waals surface area contributed by atoms with Crippen LogP contribution in [-0.2, 0) is 14.6 Å². The maximum Gasteiger partial charge on any atom is 0.234 e. The van der Waals surface area contributed by atoms with E-state index in [9.17, 15) is 13.2 Å². The van der Waals surface area contributed by atoms with Crippen molar-refractivity contribution in [3.8, 4) is 0 Å². The van der Waals surface area contributed by atoms with Crippen LogP contribution in [0.2, 0.25) is 0 Å². The second-order valence-electron chi connectivity index (χ2n) is 6.84. The molecule has 2 aliphatic heterocycles. The Balaban J connectivity index is 1.76. The Labute approximate surface area is 127 Å². The van der Waals surface area contributed by atoms with Crippen LogP contribution in [0.1, 0.15) is 26.2 Å². The fraction of sp³-hybridized carbons (Fsp3) is 0.929. The van der Waals surface area contributed by atoms with E-state index in [-0.39, 0.29) is 17.4 Å². The molecular weight excluding hydrogens is 290 g/mol. The van der Waals surface area contributed by atoms with E-state index in [0.29, 0.717) is 18.9 Å². The van der Waals surface area contributed by atoms with Crippen LogP contribution in [0, 0.1) is 5.92 Å². The molecule has 0 radical (unpaired) electrons. The first-order valence-electron chi connectivity index (χ1n) is 7.69. The Bertz CT molecular complexity index is 474. The Morgan fingerprint density at radius 3 is 2.62 bits per heavy atom. The summed E-state index contributed by atoms with van der Waals surface area (Å²) in [5.74, 6) is 0.802. The van der Waals surface area contributed by atoms with Crippen LogP contribution in [0.3, 0.4) is 0 Å². The first-order chi connectivity index (χ1) is 9.78. The zero-order chi connectivity index (χ0) is 15.5. The standard InChI is InChI=1S/C14H27N3O3S/c1-14(5-8-21(19,20)11-14)16-13(18)10-17(2)9-12-3-6-15-7-4-12/h12,15H,3-11H2,1-2H3,(H,16,18). The molecule has 122 valence electrons. The maximum atomic E-state index is 12.1. The largest absolute Gasteiger partial charge is 0.349 e. The normalized spacial score (nSPS) is 29.7. The molecule has 1 unspecified atom stereocenters. The van der Waals surface area contributed by atoms with Crippen molar-refractivity contribution in [3.63, 3.8) is 0 Å². The summed E-state index contributed by atoms with van der Waals surface area (Å²) >= 11 is 0. The van der Waals surface area contributed by atoms with Crippen molar-refractivity contribution >= 4 is 15.7 Å². The molecule has 2 aliphatic rings. The number of likely N-dealkylation sites (N-methyl/N-ethyl adjacent to an activating group) is 1. The first-order valence-corrected chi connectivity index (χ1v) is 9.51. The third-order valence-corrected chi connectivity index (χ3v) is 6.29.